The summed E-state index contributed by atoms with van der Waals surface area (Å²) in [6, 6.07) is 4.67. The number of amides is 2. The Kier molecular flexibility index (Phi) is 3.57. The van der Waals surface area contributed by atoms with E-state index >= 15 is 0 Å². The molecule has 5 heteroatoms. The van der Waals surface area contributed by atoms with Crippen LogP contribution < -0.4 is 5.73 Å². The predicted octanol–water partition coefficient (Wildman–Crippen LogP) is 1.54. The molecular weight excluding hydrogens is 244 g/mol. The van der Waals surface area contributed by atoms with Crippen LogP contribution in [-0.2, 0) is 4.74 Å². The summed E-state index contributed by atoms with van der Waals surface area (Å²) in [6.07, 6.45) is 0. The lowest BCUT2D eigenvalue weighted by Crippen LogP contribution is -2.45. The molecule has 0 fully saturated rings. The molecule has 0 bridgehead atoms. The van der Waals surface area contributed by atoms with Crippen LogP contribution in [0.3, 0.4) is 0 Å². The Morgan fingerprint density at radius 3 is 2.47 bits per heavy atom. The Hall–Kier alpha value is -1.88. The maximum absolute atomic E-state index is 12.4. The van der Waals surface area contributed by atoms with Crippen LogP contribution in [-0.4, -0.2) is 36.5 Å². The minimum absolute atomic E-state index is 0.114. The second kappa shape index (κ2) is 5.01. The summed E-state index contributed by atoms with van der Waals surface area (Å²) in [4.78, 5) is 26.1. The third-order valence-electron chi connectivity index (χ3n) is 3.42. The first-order valence-electron chi connectivity index (χ1n) is 6.24. The zero-order valence-corrected chi connectivity index (χ0v) is 11.3. The molecule has 1 heterocycles. The third-order valence-corrected chi connectivity index (χ3v) is 3.42. The molecule has 1 unspecified atom stereocenters. The molecular formula is C14H18N2O3. The summed E-state index contributed by atoms with van der Waals surface area (Å²) in [5.41, 5.74) is 6.85. The molecule has 0 radical (unpaired) electrons. The van der Waals surface area contributed by atoms with Crippen LogP contribution in [0.5, 0.6) is 0 Å². The summed E-state index contributed by atoms with van der Waals surface area (Å²) in [7, 11) is 1.56. The lowest BCUT2D eigenvalue weighted by Gasteiger charge is -2.28. The van der Waals surface area contributed by atoms with E-state index in [0.29, 0.717) is 23.4 Å². The second-order valence-electron chi connectivity index (χ2n) is 5.02. The van der Waals surface area contributed by atoms with Crippen molar-refractivity contribution in [3.63, 3.8) is 0 Å². The number of fused-ring (bicyclic) bond motifs is 1. The van der Waals surface area contributed by atoms with Crippen LogP contribution in [0, 0.1) is 5.92 Å². The summed E-state index contributed by atoms with van der Waals surface area (Å²) in [5, 5.41) is 0. The highest BCUT2D eigenvalue weighted by atomic mass is 16.5. The monoisotopic (exact) mass is 262 g/mol. The van der Waals surface area contributed by atoms with Gasteiger partial charge in [-0.3, -0.25) is 14.5 Å². The summed E-state index contributed by atoms with van der Waals surface area (Å²) in [5.74, 6) is -0.500. The second-order valence-corrected chi connectivity index (χ2v) is 5.02. The van der Waals surface area contributed by atoms with Crippen molar-refractivity contribution in [3.8, 4) is 0 Å². The highest BCUT2D eigenvalue weighted by molar-refractivity contribution is 6.23. The summed E-state index contributed by atoms with van der Waals surface area (Å²) in [6.45, 7) is 4.23. The molecule has 0 saturated heterocycles. The van der Waals surface area contributed by atoms with E-state index in [1.165, 1.54) is 4.90 Å². The molecule has 1 aliphatic heterocycles. The molecule has 5 nitrogen and oxygen atoms in total. The predicted molar refractivity (Wildman–Crippen MR) is 71.9 cm³/mol. The van der Waals surface area contributed by atoms with Gasteiger partial charge in [0.25, 0.3) is 11.8 Å². The van der Waals surface area contributed by atoms with Crippen molar-refractivity contribution in [2.24, 2.45) is 5.92 Å². The van der Waals surface area contributed by atoms with E-state index in [4.69, 9.17) is 10.5 Å². The lowest BCUT2D eigenvalue weighted by molar-refractivity contribution is 0.0395. The average molecular weight is 262 g/mol. The number of carbonyl (C=O) groups is 2. The number of nitrogens with two attached hydrogens (primary N) is 1. The van der Waals surface area contributed by atoms with Crippen LogP contribution in [0.25, 0.3) is 0 Å². The number of nitrogen functional groups attached to an aromatic ring is 1. The Morgan fingerprint density at radius 2 is 1.95 bits per heavy atom. The Bertz CT molecular complexity index is 525. The van der Waals surface area contributed by atoms with Gasteiger partial charge in [-0.2, -0.15) is 0 Å². The molecule has 2 rings (SSSR count). The smallest absolute Gasteiger partial charge is 0.263 e. The topological polar surface area (TPSA) is 72.6 Å². The number of hydrogen-bond donors (Lipinski definition) is 1. The van der Waals surface area contributed by atoms with E-state index in [9.17, 15) is 9.59 Å². The SMILES string of the molecule is COCC(C(C)C)N1C(=O)c2cccc(N)c2C1=O. The van der Waals surface area contributed by atoms with Gasteiger partial charge in [-0.15, -0.1) is 0 Å². The van der Waals surface area contributed by atoms with Gasteiger partial charge in [0.1, 0.15) is 0 Å². The van der Waals surface area contributed by atoms with Gasteiger partial charge in [0.15, 0.2) is 0 Å². The van der Waals surface area contributed by atoms with Crippen LogP contribution in [0.15, 0.2) is 18.2 Å². The fraction of sp³-hybridized carbons (Fsp3) is 0.429. The molecule has 1 atom stereocenters. The Morgan fingerprint density at radius 1 is 1.26 bits per heavy atom. The van der Waals surface area contributed by atoms with Crippen molar-refractivity contribution in [3.05, 3.63) is 29.3 Å². The highest BCUT2D eigenvalue weighted by Gasteiger charge is 2.41. The number of anilines is 1. The van der Waals surface area contributed by atoms with Crippen molar-refractivity contribution in [2.45, 2.75) is 19.9 Å². The van der Waals surface area contributed by atoms with Gasteiger partial charge >= 0.3 is 0 Å². The van der Waals surface area contributed by atoms with Crippen molar-refractivity contribution < 1.29 is 14.3 Å². The van der Waals surface area contributed by atoms with E-state index in [1.807, 2.05) is 13.8 Å². The minimum atomic E-state index is -0.325. The molecule has 2 N–H and O–H groups in total. The molecule has 0 saturated carbocycles. The van der Waals surface area contributed by atoms with E-state index in [-0.39, 0.29) is 23.8 Å². The fourth-order valence-electron chi connectivity index (χ4n) is 2.37. The standard InChI is InChI=1S/C14H18N2O3/c1-8(2)11(7-19-3)16-13(17)9-5-4-6-10(15)12(9)14(16)18/h4-6,8,11H,7,15H2,1-3H3. The van der Waals surface area contributed by atoms with Gasteiger partial charge < -0.3 is 10.5 Å². The van der Waals surface area contributed by atoms with Crippen molar-refractivity contribution >= 4 is 17.5 Å². The van der Waals surface area contributed by atoms with Crippen LogP contribution in [0.4, 0.5) is 5.69 Å². The number of rotatable bonds is 4. The quantitative estimate of drug-likeness (QED) is 0.660. The number of hydrogen-bond acceptors (Lipinski definition) is 4. The first kappa shape index (κ1) is 13.5. The number of imide groups is 1. The van der Waals surface area contributed by atoms with Crippen LogP contribution >= 0.6 is 0 Å². The van der Waals surface area contributed by atoms with Crippen molar-refractivity contribution in [1.82, 2.24) is 4.90 Å². The lowest BCUT2D eigenvalue weighted by atomic mass is 10.0. The van der Waals surface area contributed by atoms with Gasteiger partial charge in [0.2, 0.25) is 0 Å². The van der Waals surface area contributed by atoms with Crippen LogP contribution in [0.2, 0.25) is 0 Å². The molecule has 0 aliphatic carbocycles. The summed E-state index contributed by atoms with van der Waals surface area (Å²) >= 11 is 0. The highest BCUT2D eigenvalue weighted by Crippen LogP contribution is 2.30. The fourth-order valence-corrected chi connectivity index (χ4v) is 2.37. The van der Waals surface area contributed by atoms with Gasteiger partial charge in [-0.05, 0) is 18.1 Å². The first-order valence-corrected chi connectivity index (χ1v) is 6.24. The number of benzene rings is 1. The first-order chi connectivity index (χ1) is 8.99. The third kappa shape index (κ3) is 2.10. The van der Waals surface area contributed by atoms with Crippen molar-refractivity contribution in [2.75, 3.05) is 19.5 Å². The van der Waals surface area contributed by atoms with Gasteiger partial charge in [-0.25, -0.2) is 0 Å². The van der Waals surface area contributed by atoms with E-state index in [0.717, 1.165) is 0 Å². The summed E-state index contributed by atoms with van der Waals surface area (Å²) < 4.78 is 5.13. The van der Waals surface area contributed by atoms with Gasteiger partial charge in [0, 0.05) is 12.8 Å². The zero-order chi connectivity index (χ0) is 14.2. The normalized spacial score (nSPS) is 16.1. The number of carbonyl (C=O) groups excluding carboxylic acids is 2. The molecule has 2 amide bonds. The maximum atomic E-state index is 12.4. The number of ether oxygens (including phenoxy) is 1. The molecule has 1 aromatic carbocycles. The molecule has 1 aliphatic rings. The maximum Gasteiger partial charge on any atom is 0.263 e. The molecule has 102 valence electrons. The van der Waals surface area contributed by atoms with E-state index in [1.54, 1.807) is 25.3 Å². The Labute approximate surface area is 112 Å². The molecule has 0 aromatic heterocycles. The Balaban J connectivity index is 2.44. The van der Waals surface area contributed by atoms with Gasteiger partial charge in [0.05, 0.1) is 23.8 Å². The van der Waals surface area contributed by atoms with Crippen molar-refractivity contribution in [1.29, 1.82) is 0 Å². The zero-order valence-electron chi connectivity index (χ0n) is 11.3. The van der Waals surface area contributed by atoms with E-state index < -0.39 is 0 Å². The van der Waals surface area contributed by atoms with E-state index in [2.05, 4.69) is 0 Å². The molecule has 19 heavy (non-hydrogen) atoms. The molecule has 1 aromatic rings. The number of nitrogens with zero attached hydrogens (tertiary/aromatic N) is 1. The molecule has 0 spiro atoms. The van der Waals surface area contributed by atoms with Crippen LogP contribution in [0.1, 0.15) is 34.6 Å². The average Bonchev–Trinajstić information content (AvgIpc) is 2.60. The number of methoxy groups -OCH3 is 1. The largest absolute Gasteiger partial charge is 0.398 e. The minimum Gasteiger partial charge on any atom is -0.398 e. The van der Waals surface area contributed by atoms with Gasteiger partial charge in [-0.1, -0.05) is 19.9 Å².